The third kappa shape index (κ3) is 3.66. The summed E-state index contributed by atoms with van der Waals surface area (Å²) >= 11 is 1.73. The number of rotatable bonds is 5. The lowest BCUT2D eigenvalue weighted by Gasteiger charge is -2.24. The second-order valence-electron chi connectivity index (χ2n) is 4.13. The van der Waals surface area contributed by atoms with Gasteiger partial charge in [0.15, 0.2) is 6.10 Å². The normalized spacial score (nSPS) is 15.0. The van der Waals surface area contributed by atoms with Crippen LogP contribution in [0.5, 0.6) is 0 Å². The quantitative estimate of drug-likeness (QED) is 0.439. The Balaban J connectivity index is 3.36. The van der Waals surface area contributed by atoms with Gasteiger partial charge in [-0.15, -0.1) is 0 Å². The van der Waals surface area contributed by atoms with Gasteiger partial charge in [0, 0.05) is 6.20 Å². The van der Waals surface area contributed by atoms with E-state index in [0.717, 1.165) is 0 Å². The number of hydrogen-bond donors (Lipinski definition) is 4. The Morgan fingerprint density at radius 2 is 2.05 bits per heavy atom. The van der Waals surface area contributed by atoms with Crippen LogP contribution in [-0.2, 0) is 0 Å². The summed E-state index contributed by atoms with van der Waals surface area (Å²) < 4.78 is 28.8. The highest BCUT2D eigenvalue weighted by Gasteiger charge is 2.50. The number of alkyl halides is 2. The van der Waals surface area contributed by atoms with Gasteiger partial charge in [0.25, 0.3) is 5.56 Å². The van der Waals surface area contributed by atoms with Crippen molar-refractivity contribution in [3.05, 3.63) is 36.7 Å². The highest BCUT2D eigenvalue weighted by atomic mass is 127. The van der Waals surface area contributed by atoms with Gasteiger partial charge in [0.2, 0.25) is 0 Å². The fourth-order valence-electron chi connectivity index (χ4n) is 1.45. The second kappa shape index (κ2) is 7.21. The summed E-state index contributed by atoms with van der Waals surface area (Å²) in [6, 6.07) is 0. The summed E-state index contributed by atoms with van der Waals surface area (Å²) in [5.74, 6) is -6.72. The van der Waals surface area contributed by atoms with Gasteiger partial charge in [-0.2, -0.15) is 8.78 Å². The Morgan fingerprint density at radius 3 is 2.55 bits per heavy atom. The summed E-state index contributed by atoms with van der Waals surface area (Å²) in [6.45, 7) is -1.21. The molecule has 0 spiro atoms. The van der Waals surface area contributed by atoms with Crippen molar-refractivity contribution in [1.82, 2.24) is 9.55 Å². The SMILES string of the molecule is O=C(n1cc(C=CI)c(=O)[nH]c1=O)C(F)(F)[C@H](O)[C@H](O)CO. The Hall–Kier alpha value is -1.44. The number of nitrogens with one attached hydrogen (secondary N) is 1. The molecule has 2 atom stereocenters. The first-order chi connectivity index (χ1) is 10.2. The van der Waals surface area contributed by atoms with E-state index in [0.29, 0.717) is 6.20 Å². The highest BCUT2D eigenvalue weighted by Crippen LogP contribution is 2.23. The molecule has 0 aromatic carbocycles. The standard InChI is InChI=1S/C11H11F2IN2O6/c12-11(13,7(19)6(18)4-17)9(21)16-3-5(1-2-14)8(20)15-10(16)22/h1-3,6-7,17-19H,4H2,(H,15,20,22)/t6-,7-/m1/s1. The zero-order chi connectivity index (χ0) is 17.1. The molecule has 22 heavy (non-hydrogen) atoms. The summed E-state index contributed by atoms with van der Waals surface area (Å²) in [6.07, 6.45) is -3.46. The van der Waals surface area contributed by atoms with Crippen LogP contribution in [0.3, 0.4) is 0 Å². The Morgan fingerprint density at radius 1 is 1.45 bits per heavy atom. The third-order valence-corrected chi connectivity index (χ3v) is 3.00. The maximum atomic E-state index is 13.8. The second-order valence-corrected chi connectivity index (χ2v) is 4.85. The van der Waals surface area contributed by atoms with E-state index in [1.54, 1.807) is 27.6 Å². The molecule has 0 saturated heterocycles. The van der Waals surface area contributed by atoms with Crippen molar-refractivity contribution in [1.29, 1.82) is 0 Å². The van der Waals surface area contributed by atoms with E-state index in [4.69, 9.17) is 10.2 Å². The van der Waals surface area contributed by atoms with E-state index < -0.39 is 41.9 Å². The van der Waals surface area contributed by atoms with Crippen molar-refractivity contribution >= 4 is 34.6 Å². The van der Waals surface area contributed by atoms with Gasteiger partial charge in [0.1, 0.15) is 6.10 Å². The van der Waals surface area contributed by atoms with Gasteiger partial charge >= 0.3 is 17.5 Å². The number of carbonyl (C=O) groups is 1. The van der Waals surface area contributed by atoms with Crippen LogP contribution in [0.25, 0.3) is 6.08 Å². The predicted molar refractivity (Wildman–Crippen MR) is 79.0 cm³/mol. The van der Waals surface area contributed by atoms with Crippen molar-refractivity contribution in [3.63, 3.8) is 0 Å². The highest BCUT2D eigenvalue weighted by molar-refractivity contribution is 14.1. The lowest BCUT2D eigenvalue weighted by molar-refractivity contribution is -0.136. The number of aliphatic hydroxyl groups excluding tert-OH is 3. The molecule has 0 radical (unpaired) electrons. The van der Waals surface area contributed by atoms with Crippen LogP contribution in [-0.4, -0.2) is 55.5 Å². The van der Waals surface area contributed by atoms with E-state index >= 15 is 0 Å². The minimum Gasteiger partial charge on any atom is -0.394 e. The lowest BCUT2D eigenvalue weighted by atomic mass is 10.1. The zero-order valence-electron chi connectivity index (χ0n) is 10.7. The van der Waals surface area contributed by atoms with Gasteiger partial charge in [-0.3, -0.25) is 14.6 Å². The summed E-state index contributed by atoms with van der Waals surface area (Å²) in [5.41, 5.74) is -2.55. The topological polar surface area (TPSA) is 133 Å². The van der Waals surface area contributed by atoms with E-state index in [1.807, 2.05) is 0 Å². The molecular formula is C11H11F2IN2O6. The van der Waals surface area contributed by atoms with Crippen LogP contribution in [0.15, 0.2) is 19.9 Å². The van der Waals surface area contributed by atoms with Gasteiger partial charge in [-0.05, 0) is 10.2 Å². The molecule has 0 aliphatic carbocycles. The molecule has 0 saturated carbocycles. The molecular weight excluding hydrogens is 421 g/mol. The molecule has 4 N–H and O–H groups in total. The van der Waals surface area contributed by atoms with E-state index in [1.165, 1.54) is 10.2 Å². The fourth-order valence-corrected chi connectivity index (χ4v) is 1.84. The predicted octanol–water partition coefficient (Wildman–Crippen LogP) is -1.07. The Labute approximate surface area is 134 Å². The summed E-state index contributed by atoms with van der Waals surface area (Å²) in [4.78, 5) is 36.3. The molecule has 1 heterocycles. The van der Waals surface area contributed by atoms with Crippen molar-refractivity contribution in [2.24, 2.45) is 0 Å². The largest absolute Gasteiger partial charge is 0.394 e. The number of aliphatic hydroxyl groups is 3. The van der Waals surface area contributed by atoms with E-state index in [9.17, 15) is 28.3 Å². The van der Waals surface area contributed by atoms with Crippen molar-refractivity contribution < 1.29 is 28.9 Å². The first kappa shape index (κ1) is 18.6. The minimum atomic E-state index is -4.56. The average molecular weight is 432 g/mol. The number of halogens is 3. The molecule has 1 aromatic heterocycles. The Bertz CT molecular complexity index is 699. The summed E-state index contributed by atoms with van der Waals surface area (Å²) in [5, 5.41) is 26.8. The molecule has 8 nitrogen and oxygen atoms in total. The van der Waals surface area contributed by atoms with Gasteiger partial charge in [0.05, 0.1) is 12.2 Å². The maximum absolute atomic E-state index is 13.8. The number of carbonyl (C=O) groups excluding carboxylic acids is 1. The molecule has 0 unspecified atom stereocenters. The molecule has 0 amide bonds. The number of aromatic amines is 1. The first-order valence-corrected chi connectivity index (χ1v) is 6.93. The van der Waals surface area contributed by atoms with Crippen molar-refractivity contribution in [2.45, 2.75) is 18.1 Å². The minimum absolute atomic E-state index is 0.0827. The third-order valence-electron chi connectivity index (χ3n) is 2.64. The smallest absolute Gasteiger partial charge is 0.353 e. The maximum Gasteiger partial charge on any atom is 0.353 e. The van der Waals surface area contributed by atoms with Crippen LogP contribution >= 0.6 is 22.6 Å². The zero-order valence-corrected chi connectivity index (χ0v) is 12.9. The van der Waals surface area contributed by atoms with Gasteiger partial charge in [-0.1, -0.05) is 22.6 Å². The van der Waals surface area contributed by atoms with Crippen molar-refractivity contribution in [3.8, 4) is 0 Å². The molecule has 1 aromatic rings. The van der Waals surface area contributed by atoms with Crippen LogP contribution in [0.2, 0.25) is 0 Å². The van der Waals surface area contributed by atoms with Crippen molar-refractivity contribution in [2.75, 3.05) is 6.61 Å². The fraction of sp³-hybridized carbons (Fsp3) is 0.364. The van der Waals surface area contributed by atoms with E-state index in [2.05, 4.69) is 0 Å². The molecule has 0 fully saturated rings. The number of nitrogens with zero attached hydrogens (tertiary/aromatic N) is 1. The molecule has 0 aliphatic heterocycles. The van der Waals surface area contributed by atoms with Crippen LogP contribution < -0.4 is 11.2 Å². The van der Waals surface area contributed by atoms with Crippen LogP contribution in [0.4, 0.5) is 8.78 Å². The number of hydrogen-bond acceptors (Lipinski definition) is 6. The Kier molecular flexibility index (Phi) is 6.10. The van der Waals surface area contributed by atoms with Gasteiger partial charge in [-0.25, -0.2) is 9.36 Å². The molecule has 11 heteroatoms. The van der Waals surface area contributed by atoms with Crippen LogP contribution in [0.1, 0.15) is 10.4 Å². The molecule has 0 bridgehead atoms. The van der Waals surface area contributed by atoms with E-state index in [-0.39, 0.29) is 10.1 Å². The monoisotopic (exact) mass is 432 g/mol. The van der Waals surface area contributed by atoms with Gasteiger partial charge < -0.3 is 15.3 Å². The number of aromatic nitrogens is 2. The molecule has 1 rings (SSSR count). The lowest BCUT2D eigenvalue weighted by Crippen LogP contribution is -2.53. The summed E-state index contributed by atoms with van der Waals surface area (Å²) in [7, 11) is 0. The van der Waals surface area contributed by atoms with Crippen LogP contribution in [0, 0.1) is 0 Å². The molecule has 0 aliphatic rings. The number of H-pyrrole nitrogens is 1. The first-order valence-electron chi connectivity index (χ1n) is 5.69. The molecule has 122 valence electrons. The average Bonchev–Trinajstić information content (AvgIpc) is 2.47.